The smallest absolute Gasteiger partial charge is 0.166 e. The predicted octanol–water partition coefficient (Wildman–Crippen LogP) is 4.77. The molecule has 0 saturated heterocycles. The van der Waals surface area contributed by atoms with Gasteiger partial charge < -0.3 is 19.9 Å². The molecule has 2 heterocycles. The van der Waals surface area contributed by atoms with Gasteiger partial charge in [0.2, 0.25) is 0 Å². The van der Waals surface area contributed by atoms with Gasteiger partial charge in [-0.25, -0.2) is 9.37 Å². The Balaban J connectivity index is 1.46. The van der Waals surface area contributed by atoms with Crippen LogP contribution in [0, 0.1) is 5.82 Å². The van der Waals surface area contributed by atoms with Crippen molar-refractivity contribution in [3.05, 3.63) is 66.0 Å². The number of hydrogen-bond donors (Lipinski definition) is 2. The van der Waals surface area contributed by atoms with E-state index in [9.17, 15) is 4.39 Å². The molecule has 4 rings (SSSR count). The van der Waals surface area contributed by atoms with E-state index in [0.717, 1.165) is 35.1 Å². The summed E-state index contributed by atoms with van der Waals surface area (Å²) in [6.07, 6.45) is 5.82. The molecular weight excluding hydrogens is 355 g/mol. The lowest BCUT2D eigenvalue weighted by atomic mass is 10.1. The highest BCUT2D eigenvalue weighted by Gasteiger charge is 2.17. The lowest BCUT2D eigenvalue weighted by Gasteiger charge is -2.17. The van der Waals surface area contributed by atoms with Crippen LogP contribution in [0.2, 0.25) is 0 Å². The minimum Gasteiger partial charge on any atom is -0.454 e. The number of halogens is 1. The number of fused-ring (bicyclic) bond motifs is 1. The molecule has 1 aromatic heterocycles. The van der Waals surface area contributed by atoms with E-state index < -0.39 is 0 Å². The molecule has 1 aliphatic rings. The lowest BCUT2D eigenvalue weighted by molar-refractivity contribution is 0.441. The average Bonchev–Trinajstić information content (AvgIpc) is 3.29. The van der Waals surface area contributed by atoms with Crippen LogP contribution in [-0.4, -0.2) is 15.6 Å². The zero-order valence-corrected chi connectivity index (χ0v) is 16.4. The Morgan fingerprint density at radius 3 is 2.93 bits per heavy atom. The zero-order valence-electron chi connectivity index (χ0n) is 16.4. The molecule has 3 aromatic rings. The molecule has 0 fully saturated rings. The van der Waals surface area contributed by atoms with Gasteiger partial charge >= 0.3 is 0 Å². The van der Waals surface area contributed by atoms with Crippen molar-refractivity contribution in [2.75, 3.05) is 0 Å². The molecule has 6 heteroatoms. The van der Waals surface area contributed by atoms with Crippen LogP contribution < -0.4 is 15.4 Å². The largest absolute Gasteiger partial charge is 0.454 e. The number of imidazole rings is 1. The number of hydrogen-bond acceptors (Lipinski definition) is 4. The standard InChI is InChI=1S/C22H25FN4O/c1-4-16-10-17(12-24-16)26-14(2)15-5-8-22(19(23)9-15)28-18-6-7-21-20(11-18)25-13-27(21)3/h5-9,11-14,16,24,26H,4,10H2,1-3H3/t14?,16-/m0/s1. The maximum atomic E-state index is 14.6. The van der Waals surface area contributed by atoms with E-state index >= 15 is 0 Å². The fourth-order valence-corrected chi connectivity index (χ4v) is 3.50. The van der Waals surface area contributed by atoms with Gasteiger partial charge in [0.05, 0.1) is 17.4 Å². The van der Waals surface area contributed by atoms with Gasteiger partial charge in [0.25, 0.3) is 0 Å². The summed E-state index contributed by atoms with van der Waals surface area (Å²) in [7, 11) is 1.93. The summed E-state index contributed by atoms with van der Waals surface area (Å²) in [6, 6.07) is 11.2. The lowest BCUT2D eigenvalue weighted by Crippen LogP contribution is -2.20. The van der Waals surface area contributed by atoms with E-state index in [2.05, 4.69) is 22.5 Å². The van der Waals surface area contributed by atoms with E-state index in [1.54, 1.807) is 12.4 Å². The Morgan fingerprint density at radius 1 is 1.32 bits per heavy atom. The minimum atomic E-state index is -0.378. The SMILES string of the molecule is CC[C@H]1CC(NC(C)c2ccc(Oc3ccc4c(c3)ncn4C)c(F)c2)=CN1. The quantitative estimate of drug-likeness (QED) is 0.647. The molecule has 0 aliphatic carbocycles. The summed E-state index contributed by atoms with van der Waals surface area (Å²) in [5.74, 6) is 0.396. The molecular formula is C22H25FN4O. The molecule has 146 valence electrons. The molecule has 1 aliphatic heterocycles. The molecule has 0 bridgehead atoms. The first kappa shape index (κ1) is 18.3. The second kappa shape index (κ2) is 7.54. The third-order valence-corrected chi connectivity index (χ3v) is 5.23. The van der Waals surface area contributed by atoms with E-state index in [1.165, 1.54) is 6.07 Å². The van der Waals surface area contributed by atoms with Gasteiger partial charge in [0.1, 0.15) is 5.75 Å². The molecule has 2 N–H and O–H groups in total. The average molecular weight is 380 g/mol. The molecule has 2 atom stereocenters. The van der Waals surface area contributed by atoms with E-state index in [-0.39, 0.29) is 17.6 Å². The van der Waals surface area contributed by atoms with Gasteiger partial charge in [-0.2, -0.15) is 0 Å². The van der Waals surface area contributed by atoms with Crippen molar-refractivity contribution < 1.29 is 9.13 Å². The molecule has 0 spiro atoms. The van der Waals surface area contributed by atoms with Gasteiger partial charge in [0, 0.05) is 43.5 Å². The Hall–Kier alpha value is -3.02. The van der Waals surface area contributed by atoms with Gasteiger partial charge in [-0.05, 0) is 43.2 Å². The number of nitrogens with zero attached hydrogens (tertiary/aromatic N) is 2. The van der Waals surface area contributed by atoms with E-state index in [4.69, 9.17) is 4.74 Å². The van der Waals surface area contributed by atoms with Crippen LogP contribution in [-0.2, 0) is 7.05 Å². The second-order valence-corrected chi connectivity index (χ2v) is 7.31. The van der Waals surface area contributed by atoms with Crippen LogP contribution in [0.5, 0.6) is 11.5 Å². The van der Waals surface area contributed by atoms with Gasteiger partial charge in [-0.15, -0.1) is 0 Å². The zero-order chi connectivity index (χ0) is 19.7. The molecule has 0 amide bonds. The Kier molecular flexibility index (Phi) is 4.94. The van der Waals surface area contributed by atoms with Gasteiger partial charge in [-0.3, -0.25) is 0 Å². The fraction of sp³-hybridized carbons (Fsp3) is 0.318. The number of rotatable bonds is 6. The fourth-order valence-electron chi connectivity index (χ4n) is 3.50. The van der Waals surface area contributed by atoms with Crippen molar-refractivity contribution in [3.8, 4) is 11.5 Å². The molecule has 2 aromatic carbocycles. The van der Waals surface area contributed by atoms with Crippen molar-refractivity contribution in [1.82, 2.24) is 20.2 Å². The topological polar surface area (TPSA) is 51.1 Å². The van der Waals surface area contributed by atoms with E-state index in [1.807, 2.05) is 49.0 Å². The van der Waals surface area contributed by atoms with E-state index in [0.29, 0.717) is 11.8 Å². The van der Waals surface area contributed by atoms with Crippen molar-refractivity contribution in [2.45, 2.75) is 38.8 Å². The summed E-state index contributed by atoms with van der Waals surface area (Å²) in [6.45, 7) is 4.20. The number of aromatic nitrogens is 2. The molecule has 0 radical (unpaired) electrons. The van der Waals surface area contributed by atoms with Crippen molar-refractivity contribution in [2.24, 2.45) is 7.05 Å². The van der Waals surface area contributed by atoms with Gasteiger partial charge in [-0.1, -0.05) is 13.0 Å². The monoisotopic (exact) mass is 380 g/mol. The molecule has 5 nitrogen and oxygen atoms in total. The Bertz CT molecular complexity index is 1030. The van der Waals surface area contributed by atoms with Crippen LogP contribution in [0.15, 0.2) is 54.6 Å². The van der Waals surface area contributed by atoms with Crippen LogP contribution in [0.3, 0.4) is 0 Å². The summed E-state index contributed by atoms with van der Waals surface area (Å²) in [5, 5.41) is 6.81. The third-order valence-electron chi connectivity index (χ3n) is 5.23. The van der Waals surface area contributed by atoms with Crippen molar-refractivity contribution in [3.63, 3.8) is 0 Å². The summed E-state index contributed by atoms with van der Waals surface area (Å²) >= 11 is 0. The molecule has 0 saturated carbocycles. The normalized spacial score (nSPS) is 17.3. The number of nitrogens with one attached hydrogen (secondary N) is 2. The van der Waals surface area contributed by atoms with Crippen LogP contribution >= 0.6 is 0 Å². The van der Waals surface area contributed by atoms with Crippen molar-refractivity contribution in [1.29, 1.82) is 0 Å². The van der Waals surface area contributed by atoms with Gasteiger partial charge in [0.15, 0.2) is 11.6 Å². The first-order chi connectivity index (χ1) is 13.5. The highest BCUT2D eigenvalue weighted by Crippen LogP contribution is 2.29. The minimum absolute atomic E-state index is 0.0112. The Morgan fingerprint density at radius 2 is 2.18 bits per heavy atom. The summed E-state index contributed by atoms with van der Waals surface area (Å²) in [4.78, 5) is 4.31. The number of aryl methyl sites for hydroxylation is 1. The predicted molar refractivity (Wildman–Crippen MR) is 109 cm³/mol. The summed E-state index contributed by atoms with van der Waals surface area (Å²) in [5.41, 5.74) is 3.86. The first-order valence-electron chi connectivity index (χ1n) is 9.63. The number of benzene rings is 2. The summed E-state index contributed by atoms with van der Waals surface area (Å²) < 4.78 is 22.3. The maximum Gasteiger partial charge on any atom is 0.166 e. The van der Waals surface area contributed by atoms with Crippen molar-refractivity contribution >= 4 is 11.0 Å². The van der Waals surface area contributed by atoms with Crippen LogP contribution in [0.1, 0.15) is 38.3 Å². The first-order valence-corrected chi connectivity index (χ1v) is 9.63. The second-order valence-electron chi connectivity index (χ2n) is 7.31. The third kappa shape index (κ3) is 3.67. The highest BCUT2D eigenvalue weighted by molar-refractivity contribution is 5.77. The Labute approximate surface area is 164 Å². The van der Waals surface area contributed by atoms with Crippen LogP contribution in [0.4, 0.5) is 4.39 Å². The molecule has 28 heavy (non-hydrogen) atoms. The van der Waals surface area contributed by atoms with Crippen LogP contribution in [0.25, 0.3) is 11.0 Å². The maximum absolute atomic E-state index is 14.6. The highest BCUT2D eigenvalue weighted by atomic mass is 19.1. The molecule has 1 unspecified atom stereocenters. The number of ether oxygens (including phenoxy) is 1.